The largest absolute Gasteiger partial charge is 0.348 e. The van der Waals surface area contributed by atoms with Crippen molar-refractivity contribution in [2.45, 2.75) is 12.8 Å². The van der Waals surface area contributed by atoms with Gasteiger partial charge in [0.2, 0.25) is 5.78 Å². The molecule has 1 aliphatic heterocycles. The molecule has 24 heavy (non-hydrogen) atoms. The van der Waals surface area contributed by atoms with Crippen LogP contribution in [0.2, 0.25) is 0 Å². The highest BCUT2D eigenvalue weighted by Gasteiger charge is 2.24. The van der Waals surface area contributed by atoms with Gasteiger partial charge in [0.25, 0.3) is 0 Å². The molecule has 4 heteroatoms. The zero-order chi connectivity index (χ0) is 16.4. The van der Waals surface area contributed by atoms with E-state index >= 15 is 0 Å². The summed E-state index contributed by atoms with van der Waals surface area (Å²) in [4.78, 5) is 21.0. The normalized spacial score (nSPS) is 14.1. The number of aromatic nitrogens is 1. The van der Waals surface area contributed by atoms with E-state index in [1.807, 2.05) is 60.7 Å². The van der Waals surface area contributed by atoms with E-state index in [1.54, 1.807) is 11.3 Å². The molecule has 0 saturated carbocycles. The van der Waals surface area contributed by atoms with Gasteiger partial charge in [0.1, 0.15) is 5.69 Å². The minimum absolute atomic E-state index is 0.00356. The van der Waals surface area contributed by atoms with Crippen LogP contribution in [0.1, 0.15) is 28.9 Å². The summed E-state index contributed by atoms with van der Waals surface area (Å²) in [6.45, 7) is 2.06. The molecule has 3 nitrogen and oxygen atoms in total. The monoisotopic (exact) mass is 334 g/mol. The van der Waals surface area contributed by atoms with E-state index in [9.17, 15) is 4.79 Å². The average Bonchev–Trinajstić information content (AvgIpc) is 3.32. The Balaban J connectivity index is 1.80. The fraction of sp³-hybridized carbons (Fsp3) is 0.200. The van der Waals surface area contributed by atoms with Gasteiger partial charge in [0.05, 0.1) is 4.88 Å². The van der Waals surface area contributed by atoms with E-state index in [0.717, 1.165) is 28.7 Å². The van der Waals surface area contributed by atoms with Gasteiger partial charge in [-0.3, -0.25) is 4.79 Å². The number of carbonyl (C=O) groups is 1. The van der Waals surface area contributed by atoms with Crippen molar-refractivity contribution < 1.29 is 4.79 Å². The lowest BCUT2D eigenvalue weighted by Crippen LogP contribution is -2.17. The zero-order valence-electron chi connectivity index (χ0n) is 13.3. The quantitative estimate of drug-likeness (QED) is 0.652. The lowest BCUT2D eigenvalue weighted by atomic mass is 10.0. The third kappa shape index (κ3) is 2.85. The molecule has 4 rings (SSSR count). The summed E-state index contributed by atoms with van der Waals surface area (Å²) in [7, 11) is 0. The molecule has 0 atom stereocenters. The third-order valence-electron chi connectivity index (χ3n) is 4.28. The Hall–Kier alpha value is -2.46. The first-order valence-electron chi connectivity index (χ1n) is 8.24. The van der Waals surface area contributed by atoms with Gasteiger partial charge < -0.3 is 4.90 Å². The second kappa shape index (κ2) is 6.57. The molecule has 0 spiro atoms. The van der Waals surface area contributed by atoms with Crippen molar-refractivity contribution in [2.75, 3.05) is 18.0 Å². The second-order valence-electron chi connectivity index (χ2n) is 5.93. The first-order valence-corrected chi connectivity index (χ1v) is 9.05. The molecule has 0 aliphatic carbocycles. The molecular weight excluding hydrogens is 316 g/mol. The number of carbonyl (C=O) groups excluding carboxylic acids is 1. The molecule has 120 valence electrons. The number of nitrogens with zero attached hydrogens (tertiary/aromatic N) is 2. The molecule has 1 fully saturated rings. The Morgan fingerprint density at radius 1 is 0.917 bits per heavy atom. The Morgan fingerprint density at radius 2 is 1.54 bits per heavy atom. The fourth-order valence-electron chi connectivity index (χ4n) is 3.02. The smallest absolute Gasteiger partial charge is 0.212 e. The summed E-state index contributed by atoms with van der Waals surface area (Å²) in [5.41, 5.74) is 2.31. The summed E-state index contributed by atoms with van der Waals surface area (Å²) in [5, 5.41) is 0.964. The molecule has 0 N–H and O–H groups in total. The topological polar surface area (TPSA) is 33.2 Å². The Bertz CT molecular complexity index is 837. The maximum atomic E-state index is 13.0. The molecule has 0 unspecified atom stereocenters. The van der Waals surface area contributed by atoms with Crippen LogP contribution in [0.25, 0.3) is 10.4 Å². The molecule has 1 aromatic heterocycles. The summed E-state index contributed by atoms with van der Waals surface area (Å²) >= 11 is 1.63. The van der Waals surface area contributed by atoms with Crippen LogP contribution in [0.15, 0.2) is 60.7 Å². The van der Waals surface area contributed by atoms with Crippen LogP contribution in [0, 0.1) is 0 Å². The maximum absolute atomic E-state index is 13.0. The van der Waals surface area contributed by atoms with Gasteiger partial charge in [-0.05, 0) is 18.4 Å². The lowest BCUT2D eigenvalue weighted by molar-refractivity contribution is 0.103. The molecule has 1 saturated heterocycles. The highest BCUT2D eigenvalue weighted by molar-refractivity contribution is 7.19. The molecule has 0 amide bonds. The van der Waals surface area contributed by atoms with Gasteiger partial charge in [-0.1, -0.05) is 72.0 Å². The molecule has 1 aliphatic rings. The van der Waals surface area contributed by atoms with Gasteiger partial charge >= 0.3 is 0 Å². The number of ketones is 1. The molecule has 2 heterocycles. The molecule has 3 aromatic rings. The second-order valence-corrected chi connectivity index (χ2v) is 6.91. The van der Waals surface area contributed by atoms with Crippen LogP contribution in [0.5, 0.6) is 0 Å². The highest BCUT2D eigenvalue weighted by Crippen LogP contribution is 2.37. The van der Waals surface area contributed by atoms with Crippen molar-refractivity contribution in [2.24, 2.45) is 0 Å². The van der Waals surface area contributed by atoms with E-state index in [1.165, 1.54) is 12.8 Å². The first kappa shape index (κ1) is 15.1. The van der Waals surface area contributed by atoms with E-state index in [-0.39, 0.29) is 5.78 Å². The number of anilines is 1. The predicted octanol–water partition coefficient (Wildman–Crippen LogP) is 4.64. The van der Waals surface area contributed by atoms with Crippen LogP contribution in [0.3, 0.4) is 0 Å². The Kier molecular flexibility index (Phi) is 4.13. The Labute approximate surface area is 145 Å². The minimum atomic E-state index is -0.00356. The summed E-state index contributed by atoms with van der Waals surface area (Å²) in [6, 6.07) is 19.5. The van der Waals surface area contributed by atoms with Crippen molar-refractivity contribution in [3.8, 4) is 10.4 Å². The predicted molar refractivity (Wildman–Crippen MR) is 98.9 cm³/mol. The van der Waals surface area contributed by atoms with Crippen LogP contribution >= 0.6 is 11.3 Å². The van der Waals surface area contributed by atoms with E-state index < -0.39 is 0 Å². The van der Waals surface area contributed by atoms with Crippen LogP contribution in [-0.2, 0) is 0 Å². The minimum Gasteiger partial charge on any atom is -0.348 e. The number of benzene rings is 2. The Morgan fingerprint density at radius 3 is 2.21 bits per heavy atom. The molecular formula is C20H18N2OS. The van der Waals surface area contributed by atoms with Gasteiger partial charge in [-0.15, -0.1) is 0 Å². The van der Waals surface area contributed by atoms with Crippen molar-refractivity contribution in [3.05, 3.63) is 71.9 Å². The molecule has 2 aromatic carbocycles. The fourth-order valence-corrected chi connectivity index (χ4v) is 4.14. The molecule has 0 bridgehead atoms. The number of rotatable bonds is 4. The van der Waals surface area contributed by atoms with Crippen molar-refractivity contribution in [1.29, 1.82) is 0 Å². The first-order chi connectivity index (χ1) is 11.8. The van der Waals surface area contributed by atoms with Crippen molar-refractivity contribution in [1.82, 2.24) is 4.98 Å². The molecule has 0 radical (unpaired) electrons. The lowest BCUT2D eigenvalue weighted by Gasteiger charge is -2.12. The van der Waals surface area contributed by atoms with Gasteiger partial charge in [0, 0.05) is 18.7 Å². The number of thiazole rings is 1. The van der Waals surface area contributed by atoms with Crippen LogP contribution in [0.4, 0.5) is 5.13 Å². The van der Waals surface area contributed by atoms with E-state index in [4.69, 9.17) is 4.98 Å². The standard InChI is InChI=1S/C20H18N2OS/c23-18(15-9-3-1-4-10-15)17-19(16-11-5-2-6-12-16)24-20(21-17)22-13-7-8-14-22/h1-6,9-12H,7-8,13-14H2. The number of hydrogen-bond acceptors (Lipinski definition) is 4. The average molecular weight is 334 g/mol. The zero-order valence-corrected chi connectivity index (χ0v) is 14.1. The summed E-state index contributed by atoms with van der Waals surface area (Å²) in [6.07, 6.45) is 2.39. The van der Waals surface area contributed by atoms with E-state index in [2.05, 4.69) is 4.90 Å². The van der Waals surface area contributed by atoms with E-state index in [0.29, 0.717) is 11.3 Å². The van der Waals surface area contributed by atoms with Crippen LogP contribution in [-0.4, -0.2) is 23.9 Å². The SMILES string of the molecule is O=C(c1ccccc1)c1nc(N2CCCC2)sc1-c1ccccc1. The van der Waals surface area contributed by atoms with Crippen molar-refractivity contribution >= 4 is 22.3 Å². The number of hydrogen-bond donors (Lipinski definition) is 0. The summed E-state index contributed by atoms with van der Waals surface area (Å²) in [5.74, 6) is -0.00356. The van der Waals surface area contributed by atoms with Crippen molar-refractivity contribution in [3.63, 3.8) is 0 Å². The van der Waals surface area contributed by atoms with Gasteiger partial charge in [-0.2, -0.15) is 0 Å². The third-order valence-corrected chi connectivity index (χ3v) is 5.44. The maximum Gasteiger partial charge on any atom is 0.212 e. The summed E-state index contributed by atoms with van der Waals surface area (Å²) < 4.78 is 0. The highest BCUT2D eigenvalue weighted by atomic mass is 32.1. The van der Waals surface area contributed by atoms with Crippen LogP contribution < -0.4 is 4.90 Å². The van der Waals surface area contributed by atoms with Gasteiger partial charge in [-0.25, -0.2) is 4.98 Å². The van der Waals surface area contributed by atoms with Gasteiger partial charge in [0.15, 0.2) is 5.13 Å².